The first-order valence-electron chi connectivity index (χ1n) is 9.62. The molecule has 0 rings (SSSR count). The van der Waals surface area contributed by atoms with Gasteiger partial charge in [-0.15, -0.1) is 0 Å². The fourth-order valence-corrected chi connectivity index (χ4v) is 1.01. The van der Waals surface area contributed by atoms with Crippen molar-refractivity contribution in [3.63, 3.8) is 0 Å². The molecule has 29 heavy (non-hydrogen) atoms. The van der Waals surface area contributed by atoms with E-state index in [0.717, 1.165) is 0 Å². The Bertz CT molecular complexity index is 450. The molecule has 0 atom stereocenters. The summed E-state index contributed by atoms with van der Waals surface area (Å²) in [4.78, 5) is 41.0. The van der Waals surface area contributed by atoms with Gasteiger partial charge >= 0.3 is 6.16 Å². The van der Waals surface area contributed by atoms with Gasteiger partial charge in [0.25, 0.3) is 0 Å². The standard InChI is InChI=1S/C12H26O4.C8H16O5/c1-9-12(8,15-13-10(2,3)4)16-14-11(5,6)7;1-7(2,3)12-13-8(4,5)11-6(9)10/h9H2,1-8H3;1-5H3,(H,9,10). The van der Waals surface area contributed by atoms with Crippen molar-refractivity contribution in [1.29, 1.82) is 0 Å². The maximum Gasteiger partial charge on any atom is 0.508 e. The van der Waals surface area contributed by atoms with Gasteiger partial charge in [0, 0.05) is 20.3 Å². The lowest BCUT2D eigenvalue weighted by atomic mass is 10.2. The smallest absolute Gasteiger partial charge is 0.450 e. The van der Waals surface area contributed by atoms with Crippen molar-refractivity contribution >= 4 is 6.16 Å². The van der Waals surface area contributed by atoms with Gasteiger partial charge in [-0.05, 0) is 69.2 Å². The van der Waals surface area contributed by atoms with Gasteiger partial charge in [-0.1, -0.05) is 6.92 Å². The first kappa shape index (κ1) is 30.2. The molecule has 0 aliphatic carbocycles. The summed E-state index contributed by atoms with van der Waals surface area (Å²) >= 11 is 0. The van der Waals surface area contributed by atoms with Crippen LogP contribution in [0.1, 0.15) is 96.4 Å². The van der Waals surface area contributed by atoms with Crippen LogP contribution in [0, 0.1) is 0 Å². The normalized spacial score (nSPS) is 13.6. The third-order valence-corrected chi connectivity index (χ3v) is 2.40. The fraction of sp³-hybridized carbons (Fsp3) is 0.950. The monoisotopic (exact) mass is 426 g/mol. The van der Waals surface area contributed by atoms with E-state index >= 15 is 0 Å². The highest BCUT2D eigenvalue weighted by Gasteiger charge is 2.31. The maximum atomic E-state index is 10.2. The Balaban J connectivity index is 0. The minimum Gasteiger partial charge on any atom is -0.450 e. The molecule has 9 nitrogen and oxygen atoms in total. The third kappa shape index (κ3) is 21.6. The molecule has 1 N–H and O–H groups in total. The Morgan fingerprint density at radius 1 is 0.621 bits per heavy atom. The van der Waals surface area contributed by atoms with E-state index in [2.05, 4.69) is 4.74 Å². The van der Waals surface area contributed by atoms with Crippen molar-refractivity contribution < 1.29 is 44.0 Å². The second kappa shape index (κ2) is 11.4. The van der Waals surface area contributed by atoms with E-state index in [-0.39, 0.29) is 11.2 Å². The van der Waals surface area contributed by atoms with Gasteiger partial charge in [-0.3, -0.25) is 0 Å². The quantitative estimate of drug-likeness (QED) is 0.224. The molecule has 0 unspecified atom stereocenters. The molecule has 0 aromatic rings. The summed E-state index contributed by atoms with van der Waals surface area (Å²) in [7, 11) is 0. The molecule has 0 spiro atoms. The number of carbonyl (C=O) groups is 1. The van der Waals surface area contributed by atoms with Crippen LogP contribution in [0.3, 0.4) is 0 Å². The highest BCUT2D eigenvalue weighted by atomic mass is 17.3. The molecule has 0 aliphatic rings. The lowest BCUT2D eigenvalue weighted by molar-refractivity contribution is -0.536. The van der Waals surface area contributed by atoms with Crippen molar-refractivity contribution in [2.24, 2.45) is 0 Å². The van der Waals surface area contributed by atoms with E-state index in [1.807, 2.05) is 48.5 Å². The van der Waals surface area contributed by atoms with Crippen LogP contribution in [0.4, 0.5) is 4.79 Å². The molecule has 176 valence electrons. The zero-order valence-corrected chi connectivity index (χ0v) is 20.4. The van der Waals surface area contributed by atoms with Crippen LogP contribution >= 0.6 is 0 Å². The summed E-state index contributed by atoms with van der Waals surface area (Å²) in [5.74, 6) is -2.18. The fourth-order valence-electron chi connectivity index (χ4n) is 1.01. The van der Waals surface area contributed by atoms with Crippen molar-refractivity contribution in [3.8, 4) is 0 Å². The van der Waals surface area contributed by atoms with Crippen LogP contribution in [-0.2, 0) is 34.1 Å². The summed E-state index contributed by atoms with van der Waals surface area (Å²) in [6, 6.07) is 0. The predicted molar refractivity (Wildman–Crippen MR) is 108 cm³/mol. The zero-order valence-electron chi connectivity index (χ0n) is 20.4. The van der Waals surface area contributed by atoms with E-state index < -0.39 is 23.3 Å². The van der Waals surface area contributed by atoms with Crippen LogP contribution in [-0.4, -0.2) is 39.6 Å². The molecule has 0 aromatic heterocycles. The van der Waals surface area contributed by atoms with Crippen LogP contribution in [0.2, 0.25) is 0 Å². The molecule has 0 heterocycles. The molecular formula is C20H42O9. The number of rotatable bonds is 8. The lowest BCUT2D eigenvalue weighted by Crippen LogP contribution is -2.38. The molecule has 0 fully saturated rings. The van der Waals surface area contributed by atoms with Gasteiger partial charge in [-0.25, -0.2) is 19.5 Å². The van der Waals surface area contributed by atoms with Crippen molar-refractivity contribution in [1.82, 2.24) is 0 Å². The van der Waals surface area contributed by atoms with Crippen LogP contribution in [0.5, 0.6) is 0 Å². The Morgan fingerprint density at radius 3 is 1.17 bits per heavy atom. The SMILES string of the molecule is CC(C)(C)OOC(C)(C)OC(=O)O.CCC(C)(OOC(C)(C)C)OOC(C)(C)C. The highest BCUT2D eigenvalue weighted by Crippen LogP contribution is 2.24. The Hall–Kier alpha value is -0.970. The molecule has 0 amide bonds. The Morgan fingerprint density at radius 2 is 0.931 bits per heavy atom. The van der Waals surface area contributed by atoms with Gasteiger partial charge < -0.3 is 9.84 Å². The third-order valence-electron chi connectivity index (χ3n) is 2.40. The van der Waals surface area contributed by atoms with Crippen LogP contribution < -0.4 is 0 Å². The minimum atomic E-state index is -1.40. The Kier molecular flexibility index (Phi) is 11.9. The topological polar surface area (TPSA) is 102 Å². The molecule has 0 aliphatic heterocycles. The van der Waals surface area contributed by atoms with E-state index in [9.17, 15) is 4.79 Å². The van der Waals surface area contributed by atoms with Crippen LogP contribution in [0.25, 0.3) is 0 Å². The molecule has 0 bridgehead atoms. The molecule has 0 aromatic carbocycles. The average Bonchev–Trinajstić information content (AvgIpc) is 2.47. The summed E-state index contributed by atoms with van der Waals surface area (Å²) in [5, 5.41) is 8.32. The zero-order chi connectivity index (χ0) is 23.7. The largest absolute Gasteiger partial charge is 0.508 e. The molecule has 9 heteroatoms. The van der Waals surface area contributed by atoms with Crippen molar-refractivity contribution in [2.75, 3.05) is 0 Å². The van der Waals surface area contributed by atoms with Gasteiger partial charge in [0.1, 0.15) is 0 Å². The van der Waals surface area contributed by atoms with Crippen molar-refractivity contribution in [2.45, 2.75) is 125 Å². The molecule has 0 saturated carbocycles. The number of carboxylic acid groups (broad SMARTS) is 1. The number of hydrogen-bond donors (Lipinski definition) is 1. The average molecular weight is 427 g/mol. The van der Waals surface area contributed by atoms with E-state index in [4.69, 9.17) is 34.4 Å². The van der Waals surface area contributed by atoms with Gasteiger partial charge in [0.2, 0.25) is 11.6 Å². The van der Waals surface area contributed by atoms with E-state index in [0.29, 0.717) is 6.42 Å². The highest BCUT2D eigenvalue weighted by molar-refractivity contribution is 5.57. The second-order valence-corrected chi connectivity index (χ2v) is 10.1. The summed E-state index contributed by atoms with van der Waals surface area (Å²) < 4.78 is 4.40. The first-order valence-corrected chi connectivity index (χ1v) is 9.62. The van der Waals surface area contributed by atoms with Crippen LogP contribution in [0.15, 0.2) is 0 Å². The van der Waals surface area contributed by atoms with E-state index in [1.165, 1.54) is 13.8 Å². The first-order chi connectivity index (χ1) is 12.6. The second-order valence-electron chi connectivity index (χ2n) is 10.1. The van der Waals surface area contributed by atoms with Gasteiger partial charge in [-0.2, -0.15) is 14.7 Å². The summed E-state index contributed by atoms with van der Waals surface area (Å²) in [6.45, 7) is 23.4. The summed E-state index contributed by atoms with van der Waals surface area (Å²) in [6.07, 6.45) is -0.776. The molecular weight excluding hydrogens is 384 g/mol. The Labute approximate surface area is 175 Å². The van der Waals surface area contributed by atoms with Gasteiger partial charge in [0.15, 0.2) is 0 Å². The lowest BCUT2D eigenvalue weighted by Gasteiger charge is -2.31. The molecule has 0 saturated heterocycles. The predicted octanol–water partition coefficient (Wildman–Crippen LogP) is 5.77. The number of ether oxygens (including phenoxy) is 1. The maximum absolute atomic E-state index is 10.2. The minimum absolute atomic E-state index is 0.373. The van der Waals surface area contributed by atoms with E-state index in [1.54, 1.807) is 27.7 Å². The molecule has 0 radical (unpaired) electrons. The van der Waals surface area contributed by atoms with Gasteiger partial charge in [0.05, 0.1) is 16.8 Å². The summed E-state index contributed by atoms with van der Waals surface area (Å²) in [5.41, 5.74) is -1.25. The van der Waals surface area contributed by atoms with Crippen molar-refractivity contribution in [3.05, 3.63) is 0 Å². The number of hydrogen-bond acceptors (Lipinski definition) is 8.